The van der Waals surface area contributed by atoms with Crippen molar-refractivity contribution >= 4 is 28.7 Å². The van der Waals surface area contributed by atoms with Crippen LogP contribution in [0.3, 0.4) is 0 Å². The highest BCUT2D eigenvalue weighted by molar-refractivity contribution is 6.02. The van der Waals surface area contributed by atoms with Crippen molar-refractivity contribution in [1.82, 2.24) is 14.3 Å². The predicted octanol–water partition coefficient (Wildman–Crippen LogP) is 2.42. The number of benzene rings is 2. The van der Waals surface area contributed by atoms with Crippen LogP contribution in [0.25, 0.3) is 16.8 Å². The average molecular weight is 406 g/mol. The molecule has 30 heavy (non-hydrogen) atoms. The summed E-state index contributed by atoms with van der Waals surface area (Å²) < 4.78 is 13.3. The van der Waals surface area contributed by atoms with Crippen molar-refractivity contribution in [2.24, 2.45) is 7.05 Å². The van der Waals surface area contributed by atoms with Gasteiger partial charge in [-0.05, 0) is 31.2 Å². The lowest BCUT2D eigenvalue weighted by atomic mass is 10.2. The number of amides is 1. The zero-order chi connectivity index (χ0) is 21.3. The number of carbonyl (C=O) groups excluding carboxylic acids is 2. The molecule has 0 spiro atoms. The van der Waals surface area contributed by atoms with Crippen LogP contribution in [-0.4, -0.2) is 32.8 Å². The first-order valence-corrected chi connectivity index (χ1v) is 9.10. The third-order valence-corrected chi connectivity index (χ3v) is 4.73. The van der Waals surface area contributed by atoms with Crippen molar-refractivity contribution in [3.63, 3.8) is 0 Å². The number of aromatic nitrogens is 3. The van der Waals surface area contributed by atoms with Crippen molar-refractivity contribution in [1.29, 1.82) is 0 Å². The molecule has 4 rings (SSSR count). The van der Waals surface area contributed by atoms with E-state index < -0.39 is 18.5 Å². The van der Waals surface area contributed by atoms with Gasteiger partial charge in [0.15, 0.2) is 18.6 Å². The van der Waals surface area contributed by atoms with Crippen LogP contribution in [0.4, 0.5) is 5.69 Å². The molecule has 2 aromatic carbocycles. The minimum Gasteiger partial charge on any atom is -0.452 e. The fourth-order valence-electron chi connectivity index (χ4n) is 3.15. The summed E-state index contributed by atoms with van der Waals surface area (Å²) in [5.74, 6) is -1.34. The molecule has 9 nitrogen and oxygen atoms in total. The van der Waals surface area contributed by atoms with Crippen molar-refractivity contribution in [2.75, 3.05) is 11.9 Å². The number of esters is 1. The minimum absolute atomic E-state index is 0.126. The van der Waals surface area contributed by atoms with Crippen LogP contribution in [0.1, 0.15) is 16.1 Å². The maximum Gasteiger partial charge on any atom is 0.340 e. The smallest absolute Gasteiger partial charge is 0.340 e. The molecule has 2 heterocycles. The normalized spacial score (nSPS) is 10.9. The Balaban J connectivity index is 1.49. The maximum atomic E-state index is 12.8. The van der Waals surface area contributed by atoms with E-state index >= 15 is 0 Å². The van der Waals surface area contributed by atoms with Crippen LogP contribution < -0.4 is 10.9 Å². The first-order valence-electron chi connectivity index (χ1n) is 9.10. The number of nitrogens with zero attached hydrogens (tertiary/aromatic N) is 3. The lowest BCUT2D eigenvalue weighted by molar-refractivity contribution is -0.119. The average Bonchev–Trinajstić information content (AvgIpc) is 3.31. The number of carbonyl (C=O) groups is 2. The van der Waals surface area contributed by atoms with Gasteiger partial charge in [-0.3, -0.25) is 14.3 Å². The van der Waals surface area contributed by atoms with Gasteiger partial charge in [0.2, 0.25) is 0 Å². The Morgan fingerprint density at radius 1 is 1.13 bits per heavy atom. The number of anilines is 1. The van der Waals surface area contributed by atoms with Crippen molar-refractivity contribution in [3.8, 4) is 5.69 Å². The first kappa shape index (κ1) is 19.2. The molecule has 2 aromatic heterocycles. The van der Waals surface area contributed by atoms with Gasteiger partial charge in [-0.15, -0.1) is 0 Å². The van der Waals surface area contributed by atoms with Crippen LogP contribution in [0.2, 0.25) is 0 Å². The Kier molecular flexibility index (Phi) is 4.93. The molecule has 0 atom stereocenters. The van der Waals surface area contributed by atoms with Crippen LogP contribution in [0.15, 0.2) is 64.1 Å². The number of fused-ring (bicyclic) bond motifs is 1. The summed E-state index contributed by atoms with van der Waals surface area (Å²) in [5, 5.41) is 2.54. The molecule has 0 radical (unpaired) electrons. The van der Waals surface area contributed by atoms with Gasteiger partial charge in [0.05, 0.1) is 16.9 Å². The second-order valence-electron chi connectivity index (χ2n) is 6.57. The quantitative estimate of drug-likeness (QED) is 0.510. The number of rotatable bonds is 5. The van der Waals surface area contributed by atoms with E-state index in [9.17, 15) is 14.4 Å². The topological polar surface area (TPSA) is 108 Å². The van der Waals surface area contributed by atoms with Gasteiger partial charge >= 0.3 is 5.97 Å². The summed E-state index contributed by atoms with van der Waals surface area (Å²) in [6.07, 6.45) is 1.23. The summed E-state index contributed by atoms with van der Waals surface area (Å²) in [5.41, 5.74) is 1.96. The highest BCUT2D eigenvalue weighted by Crippen LogP contribution is 2.18. The van der Waals surface area contributed by atoms with Gasteiger partial charge < -0.3 is 14.5 Å². The molecule has 1 amide bonds. The summed E-state index contributed by atoms with van der Waals surface area (Å²) >= 11 is 0. The molecular formula is C21H18N4O5. The molecule has 152 valence electrons. The lowest BCUT2D eigenvalue weighted by Gasteiger charge is -2.07. The van der Waals surface area contributed by atoms with E-state index in [1.807, 2.05) is 18.2 Å². The number of hydrogen-bond acceptors (Lipinski definition) is 6. The minimum atomic E-state index is -0.712. The molecule has 1 N–H and O–H groups in total. The molecule has 0 saturated carbocycles. The van der Waals surface area contributed by atoms with E-state index in [4.69, 9.17) is 9.15 Å². The Hall–Kier alpha value is -4.14. The molecule has 0 bridgehead atoms. The fourth-order valence-corrected chi connectivity index (χ4v) is 3.15. The number of para-hydroxylation sites is 2. The van der Waals surface area contributed by atoms with Crippen LogP contribution in [0.5, 0.6) is 0 Å². The monoisotopic (exact) mass is 406 g/mol. The van der Waals surface area contributed by atoms with Crippen LogP contribution in [-0.2, 0) is 16.6 Å². The molecule has 0 fully saturated rings. The van der Waals surface area contributed by atoms with Gasteiger partial charge in [-0.1, -0.05) is 24.3 Å². The van der Waals surface area contributed by atoms with Crippen LogP contribution >= 0.6 is 0 Å². The highest BCUT2D eigenvalue weighted by Gasteiger charge is 2.20. The van der Waals surface area contributed by atoms with Crippen LogP contribution in [0, 0.1) is 6.92 Å². The SMILES string of the molecule is Cc1c(NC(=O)COC(=O)c2cccc3ocnc23)c(=O)n(-c2ccccc2)n1C. The maximum absolute atomic E-state index is 12.8. The van der Waals surface area contributed by atoms with E-state index in [2.05, 4.69) is 10.3 Å². The molecule has 0 aliphatic carbocycles. The number of oxazole rings is 1. The molecular weight excluding hydrogens is 388 g/mol. The lowest BCUT2D eigenvalue weighted by Crippen LogP contribution is -2.25. The number of ether oxygens (including phenoxy) is 1. The third kappa shape index (κ3) is 3.37. The van der Waals surface area contributed by atoms with E-state index in [0.717, 1.165) is 0 Å². The Labute approximate surface area is 170 Å². The molecule has 9 heteroatoms. The third-order valence-electron chi connectivity index (χ3n) is 4.73. The molecule has 0 aliphatic heterocycles. The highest BCUT2D eigenvalue weighted by atomic mass is 16.5. The van der Waals surface area contributed by atoms with E-state index in [1.165, 1.54) is 17.1 Å². The number of hydrogen-bond donors (Lipinski definition) is 1. The zero-order valence-corrected chi connectivity index (χ0v) is 16.3. The number of nitrogens with one attached hydrogen (secondary N) is 1. The second kappa shape index (κ2) is 7.70. The largest absolute Gasteiger partial charge is 0.452 e. The zero-order valence-electron chi connectivity index (χ0n) is 16.3. The molecule has 0 aliphatic rings. The van der Waals surface area contributed by atoms with Gasteiger partial charge in [0.1, 0.15) is 11.2 Å². The predicted molar refractivity (Wildman–Crippen MR) is 109 cm³/mol. The van der Waals surface area contributed by atoms with Gasteiger partial charge in [-0.2, -0.15) is 0 Å². The van der Waals surface area contributed by atoms with E-state index in [1.54, 1.807) is 42.9 Å². The van der Waals surface area contributed by atoms with Crippen molar-refractivity contribution in [2.45, 2.75) is 6.92 Å². The summed E-state index contributed by atoms with van der Waals surface area (Å²) in [7, 11) is 1.72. The Morgan fingerprint density at radius 3 is 2.67 bits per heavy atom. The first-order chi connectivity index (χ1) is 14.5. The van der Waals surface area contributed by atoms with E-state index in [0.29, 0.717) is 22.5 Å². The van der Waals surface area contributed by atoms with E-state index in [-0.39, 0.29) is 16.8 Å². The Bertz CT molecular complexity index is 1300. The van der Waals surface area contributed by atoms with Crippen molar-refractivity contribution < 1.29 is 18.7 Å². The summed E-state index contributed by atoms with van der Waals surface area (Å²) in [4.78, 5) is 41.5. The van der Waals surface area contributed by atoms with Gasteiger partial charge in [0, 0.05) is 7.05 Å². The Morgan fingerprint density at radius 2 is 1.90 bits per heavy atom. The standard InChI is InChI=1S/C21H18N4O5/c1-13-18(20(27)25(24(13)2)14-7-4-3-5-8-14)23-17(26)11-29-21(28)15-9-6-10-16-19(15)22-12-30-16/h3-10,12H,11H2,1-2H3,(H,23,26). The van der Waals surface area contributed by atoms with Gasteiger partial charge in [0.25, 0.3) is 11.5 Å². The molecule has 4 aromatic rings. The van der Waals surface area contributed by atoms with Crippen molar-refractivity contribution in [3.05, 3.63) is 76.5 Å². The molecule has 0 saturated heterocycles. The summed E-state index contributed by atoms with van der Waals surface area (Å²) in [6, 6.07) is 13.9. The summed E-state index contributed by atoms with van der Waals surface area (Å²) in [6.45, 7) is 1.17. The van der Waals surface area contributed by atoms with Gasteiger partial charge in [-0.25, -0.2) is 14.5 Å². The second-order valence-corrected chi connectivity index (χ2v) is 6.57. The fraction of sp³-hybridized carbons (Fsp3) is 0.143. The molecule has 0 unspecified atom stereocenters.